The van der Waals surface area contributed by atoms with Crippen LogP contribution in [0.15, 0.2) is 59.5 Å². The van der Waals surface area contributed by atoms with Gasteiger partial charge in [-0.25, -0.2) is 8.42 Å². The average Bonchev–Trinajstić information content (AvgIpc) is 2.63. The van der Waals surface area contributed by atoms with E-state index in [2.05, 4.69) is 12.1 Å². The predicted molar refractivity (Wildman–Crippen MR) is 98.9 cm³/mol. The summed E-state index contributed by atoms with van der Waals surface area (Å²) in [6, 6.07) is 17.2. The molecule has 4 nitrogen and oxygen atoms in total. The minimum absolute atomic E-state index is 0.0199. The number of hydrogen-bond donors (Lipinski definition) is 0. The Kier molecular flexibility index (Phi) is 5.57. The molecule has 0 bridgehead atoms. The molecule has 0 N–H and O–H groups in total. The van der Waals surface area contributed by atoms with Gasteiger partial charge in [-0.15, -0.1) is 0 Å². The predicted octanol–water partition coefficient (Wildman–Crippen LogP) is 3.93. The highest BCUT2D eigenvalue weighted by Crippen LogP contribution is 2.26. The van der Waals surface area contributed by atoms with Crippen molar-refractivity contribution in [1.82, 2.24) is 4.31 Å². The number of sulfonamides is 1. The number of hydrogen-bond acceptors (Lipinski definition) is 3. The Morgan fingerprint density at radius 2 is 1.60 bits per heavy atom. The van der Waals surface area contributed by atoms with E-state index in [0.717, 1.165) is 24.0 Å². The first-order valence-corrected chi connectivity index (χ1v) is 10.2. The number of rotatable bonds is 5. The Morgan fingerprint density at radius 3 is 2.20 bits per heavy atom. The molecule has 2 aromatic rings. The van der Waals surface area contributed by atoms with Crippen molar-refractivity contribution in [2.75, 3.05) is 13.1 Å². The number of aryl methyl sites for hydroxylation is 1. The molecule has 0 spiro atoms. The van der Waals surface area contributed by atoms with Crippen LogP contribution in [0.3, 0.4) is 0 Å². The summed E-state index contributed by atoms with van der Waals surface area (Å²) in [4.78, 5) is 0.370. The van der Waals surface area contributed by atoms with Crippen LogP contribution in [0.4, 0.5) is 0 Å². The fourth-order valence-electron chi connectivity index (χ4n) is 3.16. The van der Waals surface area contributed by atoms with Gasteiger partial charge in [0.15, 0.2) is 0 Å². The molecule has 0 aliphatic carbocycles. The summed E-state index contributed by atoms with van der Waals surface area (Å²) in [7, 11) is -3.41. The first kappa shape index (κ1) is 18.1. The van der Waals surface area contributed by atoms with Crippen LogP contribution in [0.5, 0.6) is 0 Å². The second-order valence-electron chi connectivity index (χ2n) is 6.61. The van der Waals surface area contributed by atoms with Crippen LogP contribution < -0.4 is 0 Å². The molecule has 1 saturated heterocycles. The van der Waals surface area contributed by atoms with Crippen molar-refractivity contribution in [1.29, 1.82) is 0 Å². The van der Waals surface area contributed by atoms with Gasteiger partial charge in [-0.05, 0) is 44.4 Å². The van der Waals surface area contributed by atoms with E-state index in [4.69, 9.17) is 4.74 Å². The lowest BCUT2D eigenvalue weighted by Gasteiger charge is -2.32. The summed E-state index contributed by atoms with van der Waals surface area (Å²) < 4.78 is 33.2. The quantitative estimate of drug-likeness (QED) is 0.813. The van der Waals surface area contributed by atoms with E-state index in [0.29, 0.717) is 18.0 Å². The zero-order valence-corrected chi connectivity index (χ0v) is 15.6. The van der Waals surface area contributed by atoms with E-state index in [1.54, 1.807) is 16.4 Å². The van der Waals surface area contributed by atoms with Gasteiger partial charge >= 0.3 is 0 Å². The second kappa shape index (κ2) is 7.68. The summed E-state index contributed by atoms with van der Waals surface area (Å²) in [5, 5.41) is 0. The third-order valence-corrected chi connectivity index (χ3v) is 6.64. The molecule has 1 aliphatic rings. The largest absolute Gasteiger partial charge is 0.370 e. The van der Waals surface area contributed by atoms with E-state index >= 15 is 0 Å². The van der Waals surface area contributed by atoms with Gasteiger partial charge < -0.3 is 4.74 Å². The smallest absolute Gasteiger partial charge is 0.243 e. The maximum Gasteiger partial charge on any atom is 0.243 e. The molecule has 0 amide bonds. The van der Waals surface area contributed by atoms with E-state index in [1.165, 1.54) is 0 Å². The Labute approximate surface area is 150 Å². The summed E-state index contributed by atoms with van der Waals surface area (Å²) in [5.41, 5.74) is 2.21. The SMILES string of the molecule is Cc1ccc(S(=O)(=O)N2CCC(OC(C)c3ccccc3)CC2)cc1. The maximum atomic E-state index is 12.7. The van der Waals surface area contributed by atoms with Gasteiger partial charge in [0.05, 0.1) is 17.1 Å². The fourth-order valence-corrected chi connectivity index (χ4v) is 4.63. The molecule has 1 fully saturated rings. The molecule has 1 unspecified atom stereocenters. The third kappa shape index (κ3) is 4.29. The van der Waals surface area contributed by atoms with Crippen molar-refractivity contribution < 1.29 is 13.2 Å². The van der Waals surface area contributed by atoms with Crippen LogP contribution in [-0.2, 0) is 14.8 Å². The molecule has 25 heavy (non-hydrogen) atoms. The van der Waals surface area contributed by atoms with E-state index in [1.807, 2.05) is 44.2 Å². The number of piperidine rings is 1. The van der Waals surface area contributed by atoms with Crippen molar-refractivity contribution >= 4 is 10.0 Å². The highest BCUT2D eigenvalue weighted by molar-refractivity contribution is 7.89. The summed E-state index contributed by atoms with van der Waals surface area (Å²) >= 11 is 0. The first-order valence-electron chi connectivity index (χ1n) is 8.74. The van der Waals surface area contributed by atoms with Crippen molar-refractivity contribution in [3.05, 3.63) is 65.7 Å². The van der Waals surface area contributed by atoms with Crippen LogP contribution >= 0.6 is 0 Å². The molecule has 1 aliphatic heterocycles. The van der Waals surface area contributed by atoms with E-state index < -0.39 is 10.0 Å². The summed E-state index contributed by atoms with van der Waals surface area (Å²) in [5.74, 6) is 0. The zero-order valence-electron chi connectivity index (χ0n) is 14.8. The van der Waals surface area contributed by atoms with Crippen LogP contribution in [0.25, 0.3) is 0 Å². The van der Waals surface area contributed by atoms with Crippen LogP contribution in [0, 0.1) is 6.92 Å². The molecule has 0 aromatic heterocycles. The third-order valence-electron chi connectivity index (χ3n) is 4.73. The molecule has 1 atom stereocenters. The van der Waals surface area contributed by atoms with Gasteiger partial charge in [0.1, 0.15) is 0 Å². The van der Waals surface area contributed by atoms with Crippen LogP contribution in [-0.4, -0.2) is 31.9 Å². The molecule has 0 saturated carbocycles. The van der Waals surface area contributed by atoms with Crippen LogP contribution in [0.2, 0.25) is 0 Å². The summed E-state index contributed by atoms with van der Waals surface area (Å²) in [6.45, 7) is 5.00. The first-order chi connectivity index (χ1) is 12.0. The highest BCUT2D eigenvalue weighted by Gasteiger charge is 2.30. The van der Waals surface area contributed by atoms with Gasteiger partial charge in [0.2, 0.25) is 10.0 Å². The molecule has 2 aromatic carbocycles. The fraction of sp³-hybridized carbons (Fsp3) is 0.400. The van der Waals surface area contributed by atoms with Gasteiger partial charge in [-0.1, -0.05) is 48.0 Å². The number of ether oxygens (including phenoxy) is 1. The number of nitrogens with zero attached hydrogens (tertiary/aromatic N) is 1. The maximum absolute atomic E-state index is 12.7. The van der Waals surface area contributed by atoms with Crippen LogP contribution in [0.1, 0.15) is 37.0 Å². The Morgan fingerprint density at radius 1 is 1.00 bits per heavy atom. The highest BCUT2D eigenvalue weighted by atomic mass is 32.2. The van der Waals surface area contributed by atoms with Crippen molar-refractivity contribution in [3.63, 3.8) is 0 Å². The molecule has 1 heterocycles. The molecular weight excluding hydrogens is 334 g/mol. The molecule has 3 rings (SSSR count). The van der Waals surface area contributed by atoms with Gasteiger partial charge in [-0.3, -0.25) is 0 Å². The Bertz CT molecular complexity index is 779. The van der Waals surface area contributed by atoms with Gasteiger partial charge in [-0.2, -0.15) is 4.31 Å². The second-order valence-corrected chi connectivity index (χ2v) is 8.54. The lowest BCUT2D eigenvalue weighted by atomic mass is 10.1. The van der Waals surface area contributed by atoms with Crippen molar-refractivity contribution in [3.8, 4) is 0 Å². The van der Waals surface area contributed by atoms with E-state index in [9.17, 15) is 8.42 Å². The monoisotopic (exact) mass is 359 g/mol. The van der Waals surface area contributed by atoms with Crippen molar-refractivity contribution in [2.24, 2.45) is 0 Å². The van der Waals surface area contributed by atoms with Crippen molar-refractivity contribution in [2.45, 2.75) is 43.8 Å². The zero-order chi connectivity index (χ0) is 17.9. The molecule has 5 heteroatoms. The molecule has 0 radical (unpaired) electrons. The van der Waals surface area contributed by atoms with Gasteiger partial charge in [0.25, 0.3) is 0 Å². The minimum atomic E-state index is -3.41. The Hall–Kier alpha value is -1.69. The number of benzene rings is 2. The molecular formula is C20H25NO3S. The standard InChI is InChI=1S/C20H25NO3S/c1-16-8-10-20(11-9-16)25(22,23)21-14-12-19(13-15-21)24-17(2)18-6-4-3-5-7-18/h3-11,17,19H,12-15H2,1-2H3. The summed E-state index contributed by atoms with van der Waals surface area (Å²) in [6.07, 6.45) is 1.57. The topological polar surface area (TPSA) is 46.6 Å². The molecule has 134 valence electrons. The lowest BCUT2D eigenvalue weighted by Crippen LogP contribution is -2.41. The lowest BCUT2D eigenvalue weighted by molar-refractivity contribution is -0.0269. The average molecular weight is 359 g/mol. The minimum Gasteiger partial charge on any atom is -0.370 e. The van der Waals surface area contributed by atoms with E-state index in [-0.39, 0.29) is 12.2 Å². The Balaban J connectivity index is 1.59. The normalized spacial score (nSPS) is 18.2. The van der Waals surface area contributed by atoms with Gasteiger partial charge in [0, 0.05) is 13.1 Å².